The Morgan fingerprint density at radius 1 is 0.204 bits per heavy atom. The van der Waals surface area contributed by atoms with Crippen LogP contribution in [-0.2, 0) is 5.41 Å². The summed E-state index contributed by atoms with van der Waals surface area (Å²) in [5, 5.41) is 0. The minimum absolute atomic E-state index is 0.402. The fraction of sp³-hybridized carbons (Fsp3) is 0.0909. The molecule has 4 heteroatoms. The highest BCUT2D eigenvalue weighted by molar-refractivity contribution is 6.12. The molecule has 103 heavy (non-hydrogen) atoms. The van der Waals surface area contributed by atoms with E-state index in [4.69, 9.17) is 18.9 Å². The number of ether oxygens (including phenoxy) is 4. The molecule has 0 amide bonds. The van der Waals surface area contributed by atoms with Gasteiger partial charge in [0.1, 0.15) is 23.0 Å². The first-order valence-corrected chi connectivity index (χ1v) is 35.4. The van der Waals surface area contributed by atoms with Gasteiger partial charge in [-0.15, -0.1) is 0 Å². The fourth-order valence-corrected chi connectivity index (χ4v) is 15.2. The standard InChI is InChI=1S/C68H50O2.C29H26O2.C2H6/c1-69-61-45-60(68-65(53-39-23-9-24-40-53)57(49-31-15-5-16-32-49)44-58(50-33-17-6-18-34-50)66(68)54-41-25-10-26-42-54)62(70-2)46-59(61)67-63(51-35-19-7-20-36-51)55(47-27-11-3-12-28-47)43-56(48-29-13-4-14-30-48)64(67)52-37-21-8-22-38-52;1-19-5-15-25-26-16-6-20(2)18-28(26)29(27(25)17-19,21-7-11-23(30-3)12-8-21)22-9-13-24(31-4)14-10-22;1-2/h3-46H,1-2H3;5-18H,1-4H3;1-2H3. The Labute approximate surface area is 607 Å². The van der Waals surface area contributed by atoms with Gasteiger partial charge in [0.2, 0.25) is 0 Å². The summed E-state index contributed by atoms with van der Waals surface area (Å²) in [6, 6.07) is 126. The van der Waals surface area contributed by atoms with Crippen molar-refractivity contribution in [2.45, 2.75) is 33.1 Å². The molecule has 0 aromatic heterocycles. The Bertz CT molecular complexity index is 4850. The van der Waals surface area contributed by atoms with E-state index in [0.29, 0.717) is 0 Å². The third-order valence-corrected chi connectivity index (χ3v) is 19.8. The molecule has 1 aliphatic carbocycles. The van der Waals surface area contributed by atoms with Crippen LogP contribution in [0.5, 0.6) is 23.0 Å². The Morgan fingerprint density at radius 3 is 0.680 bits per heavy atom. The summed E-state index contributed by atoms with van der Waals surface area (Å²) in [4.78, 5) is 0. The van der Waals surface area contributed by atoms with Crippen LogP contribution >= 0.6 is 0 Å². The quantitative estimate of drug-likeness (QED) is 0.0966. The molecular weight excluding hydrogens is 1250 g/mol. The van der Waals surface area contributed by atoms with Crippen molar-refractivity contribution in [1.29, 1.82) is 0 Å². The summed E-state index contributed by atoms with van der Waals surface area (Å²) < 4.78 is 24.5. The van der Waals surface area contributed by atoms with E-state index in [1.165, 1.54) is 44.5 Å². The number of fused-ring (bicyclic) bond motifs is 3. The van der Waals surface area contributed by atoms with Crippen LogP contribution in [0.3, 0.4) is 0 Å². The normalized spacial score (nSPS) is 11.6. The molecule has 15 aromatic rings. The van der Waals surface area contributed by atoms with E-state index < -0.39 is 5.41 Å². The molecule has 0 heterocycles. The van der Waals surface area contributed by atoms with Crippen molar-refractivity contribution in [3.05, 3.63) is 385 Å². The molecule has 0 radical (unpaired) electrons. The zero-order valence-electron chi connectivity index (χ0n) is 59.6. The van der Waals surface area contributed by atoms with Crippen LogP contribution in [0.25, 0.3) is 122 Å². The van der Waals surface area contributed by atoms with Crippen molar-refractivity contribution >= 4 is 0 Å². The molecule has 0 unspecified atom stereocenters. The van der Waals surface area contributed by atoms with Crippen LogP contribution in [0.2, 0.25) is 0 Å². The predicted molar refractivity (Wildman–Crippen MR) is 432 cm³/mol. The van der Waals surface area contributed by atoms with Crippen LogP contribution in [-0.4, -0.2) is 28.4 Å². The summed E-state index contributed by atoms with van der Waals surface area (Å²) in [6.45, 7) is 8.34. The number of methoxy groups -OCH3 is 4. The van der Waals surface area contributed by atoms with Crippen molar-refractivity contribution in [2.24, 2.45) is 0 Å². The van der Waals surface area contributed by atoms with E-state index in [-0.39, 0.29) is 0 Å². The van der Waals surface area contributed by atoms with E-state index in [2.05, 4.69) is 366 Å². The van der Waals surface area contributed by atoms with Crippen molar-refractivity contribution < 1.29 is 18.9 Å². The Morgan fingerprint density at radius 2 is 0.447 bits per heavy atom. The molecule has 4 nitrogen and oxygen atoms in total. The SMILES string of the molecule is CC.COc1cc(-c2c(-c3ccccc3)c(-c3ccccc3)cc(-c3ccccc3)c2-c2ccccc2)c(OC)cc1-c1c(-c2ccccc2)c(-c2ccccc2)cc(-c2ccccc2)c1-c1ccccc1.COc1ccc(C2(c3ccc(OC)cc3)c3cc(C)ccc3-c3ccc(C)cc32)cc1. The lowest BCUT2D eigenvalue weighted by atomic mass is 9.67. The highest BCUT2D eigenvalue weighted by Crippen LogP contribution is 2.59. The molecule has 1 aliphatic rings. The van der Waals surface area contributed by atoms with Gasteiger partial charge in [-0.3, -0.25) is 0 Å². The van der Waals surface area contributed by atoms with E-state index in [9.17, 15) is 0 Å². The van der Waals surface area contributed by atoms with Gasteiger partial charge in [0.15, 0.2) is 0 Å². The first-order chi connectivity index (χ1) is 50.8. The average molecular weight is 1340 g/mol. The largest absolute Gasteiger partial charge is 0.497 e. The molecule has 0 saturated carbocycles. The highest BCUT2D eigenvalue weighted by Gasteiger charge is 2.46. The summed E-state index contributed by atoms with van der Waals surface area (Å²) >= 11 is 0. The van der Waals surface area contributed by atoms with Gasteiger partial charge in [-0.1, -0.05) is 328 Å². The van der Waals surface area contributed by atoms with Crippen LogP contribution in [0, 0.1) is 13.8 Å². The molecule has 15 aromatic carbocycles. The second-order valence-corrected chi connectivity index (χ2v) is 25.7. The molecule has 16 rings (SSSR count). The molecule has 0 N–H and O–H groups in total. The van der Waals surface area contributed by atoms with Gasteiger partial charge in [-0.05, 0) is 185 Å². The number of benzene rings is 15. The molecule has 0 spiro atoms. The van der Waals surface area contributed by atoms with Crippen LogP contribution in [0.4, 0.5) is 0 Å². The first kappa shape index (κ1) is 67.7. The fourth-order valence-electron chi connectivity index (χ4n) is 15.2. The maximum Gasteiger partial charge on any atom is 0.127 e. The minimum atomic E-state index is -0.402. The molecule has 0 bridgehead atoms. The highest BCUT2D eigenvalue weighted by atomic mass is 16.5. The monoisotopic (exact) mass is 1330 g/mol. The van der Waals surface area contributed by atoms with Gasteiger partial charge in [0.25, 0.3) is 0 Å². The summed E-state index contributed by atoms with van der Waals surface area (Å²) in [7, 11) is 7.01. The summed E-state index contributed by atoms with van der Waals surface area (Å²) in [5.74, 6) is 3.17. The molecule has 0 fully saturated rings. The van der Waals surface area contributed by atoms with Crippen LogP contribution < -0.4 is 18.9 Å². The zero-order chi connectivity index (χ0) is 70.8. The van der Waals surface area contributed by atoms with Gasteiger partial charge in [0, 0.05) is 22.3 Å². The van der Waals surface area contributed by atoms with Gasteiger partial charge in [0.05, 0.1) is 33.9 Å². The average Bonchev–Trinajstić information content (AvgIpc) is 1.57. The van der Waals surface area contributed by atoms with Crippen molar-refractivity contribution in [3.8, 4) is 145 Å². The molecular formula is C99H82O4. The molecule has 0 atom stereocenters. The topological polar surface area (TPSA) is 36.9 Å². The second kappa shape index (κ2) is 30.5. The molecule has 0 aliphatic heterocycles. The van der Waals surface area contributed by atoms with E-state index in [0.717, 1.165) is 134 Å². The predicted octanol–water partition coefficient (Wildman–Crippen LogP) is 26.1. The maximum atomic E-state index is 6.80. The smallest absolute Gasteiger partial charge is 0.127 e. The minimum Gasteiger partial charge on any atom is -0.497 e. The van der Waals surface area contributed by atoms with E-state index in [1.807, 2.05) is 13.8 Å². The lowest BCUT2D eigenvalue weighted by Gasteiger charge is -2.34. The number of aryl methyl sites for hydroxylation is 2. The Kier molecular flexibility index (Phi) is 20.1. The maximum absolute atomic E-state index is 6.80. The number of hydrogen-bond acceptors (Lipinski definition) is 4. The van der Waals surface area contributed by atoms with Crippen LogP contribution in [0.1, 0.15) is 47.2 Å². The lowest BCUT2D eigenvalue weighted by Crippen LogP contribution is -2.28. The van der Waals surface area contributed by atoms with E-state index >= 15 is 0 Å². The number of hydrogen-bond donors (Lipinski definition) is 0. The van der Waals surface area contributed by atoms with Gasteiger partial charge < -0.3 is 18.9 Å². The van der Waals surface area contributed by atoms with Crippen molar-refractivity contribution in [2.75, 3.05) is 28.4 Å². The van der Waals surface area contributed by atoms with Crippen molar-refractivity contribution in [3.63, 3.8) is 0 Å². The van der Waals surface area contributed by atoms with Crippen molar-refractivity contribution in [1.82, 2.24) is 0 Å². The zero-order valence-corrected chi connectivity index (χ0v) is 59.6. The molecule has 502 valence electrons. The van der Waals surface area contributed by atoms with Gasteiger partial charge in [-0.2, -0.15) is 0 Å². The Hall–Kier alpha value is -12.5. The summed E-state index contributed by atoms with van der Waals surface area (Å²) in [6.07, 6.45) is 0. The van der Waals surface area contributed by atoms with E-state index in [1.54, 1.807) is 28.4 Å². The first-order valence-electron chi connectivity index (χ1n) is 35.4. The second-order valence-electron chi connectivity index (χ2n) is 25.7. The third kappa shape index (κ3) is 13.0. The van der Waals surface area contributed by atoms with Gasteiger partial charge in [-0.25, -0.2) is 0 Å². The number of rotatable bonds is 16. The van der Waals surface area contributed by atoms with Gasteiger partial charge >= 0.3 is 0 Å². The lowest BCUT2D eigenvalue weighted by molar-refractivity contribution is 0.406. The molecule has 0 saturated heterocycles. The third-order valence-electron chi connectivity index (χ3n) is 19.8. The Balaban J connectivity index is 0.000000226. The van der Waals surface area contributed by atoms with Crippen LogP contribution in [0.15, 0.2) is 352 Å². The summed E-state index contributed by atoms with van der Waals surface area (Å²) in [5.41, 5.74) is 31.5.